The molecule has 0 aliphatic heterocycles. The van der Waals surface area contributed by atoms with Crippen molar-refractivity contribution in [2.24, 2.45) is 0 Å². The van der Waals surface area contributed by atoms with E-state index < -0.39 is 5.97 Å². The molecule has 0 bridgehead atoms. The predicted octanol–water partition coefficient (Wildman–Crippen LogP) is 4.18. The zero-order valence-electron chi connectivity index (χ0n) is 11.4. The maximum Gasteiger partial charge on any atom is 0.304 e. The van der Waals surface area contributed by atoms with Crippen molar-refractivity contribution in [3.05, 3.63) is 33.3 Å². The fourth-order valence-electron chi connectivity index (χ4n) is 1.74. The van der Waals surface area contributed by atoms with Gasteiger partial charge in [0.05, 0.1) is 11.4 Å². The molecule has 1 N–H and O–H groups in total. The van der Waals surface area contributed by atoms with E-state index in [0.29, 0.717) is 18.1 Å². The summed E-state index contributed by atoms with van der Waals surface area (Å²) in [6, 6.07) is 5.82. The van der Waals surface area contributed by atoms with Crippen LogP contribution in [-0.4, -0.2) is 28.1 Å². The van der Waals surface area contributed by atoms with Gasteiger partial charge < -0.3 is 5.11 Å². The van der Waals surface area contributed by atoms with Gasteiger partial charge in [0.2, 0.25) is 0 Å². The first-order valence-electron chi connectivity index (χ1n) is 6.11. The highest BCUT2D eigenvalue weighted by Crippen LogP contribution is 2.25. The Morgan fingerprint density at radius 2 is 2.05 bits per heavy atom. The number of carboxylic acid groups (broad SMARTS) is 1. The molecule has 0 spiro atoms. The van der Waals surface area contributed by atoms with Crippen LogP contribution in [-0.2, 0) is 11.3 Å². The van der Waals surface area contributed by atoms with Gasteiger partial charge in [0.15, 0.2) is 0 Å². The summed E-state index contributed by atoms with van der Waals surface area (Å²) in [6.07, 6.45) is 0.140. The first kappa shape index (κ1) is 16.5. The fraction of sp³-hybridized carbons (Fsp3) is 0.500. The molecule has 1 rings (SSSR count). The number of hydrogen-bond acceptors (Lipinski definition) is 2. The second kappa shape index (κ2) is 6.73. The lowest BCUT2D eigenvalue weighted by Crippen LogP contribution is -2.42. The summed E-state index contributed by atoms with van der Waals surface area (Å²) in [4.78, 5) is 12.9. The van der Waals surface area contributed by atoms with E-state index >= 15 is 0 Å². The maximum absolute atomic E-state index is 10.7. The van der Waals surface area contributed by atoms with Crippen LogP contribution in [0.15, 0.2) is 22.7 Å². The van der Waals surface area contributed by atoms with Gasteiger partial charge in [0.25, 0.3) is 0 Å². The molecule has 0 heterocycles. The molecule has 0 aliphatic rings. The number of rotatable bonds is 5. The first-order valence-corrected chi connectivity index (χ1v) is 7.28. The highest BCUT2D eigenvalue weighted by Gasteiger charge is 2.22. The van der Waals surface area contributed by atoms with Gasteiger partial charge in [-0.15, -0.1) is 0 Å². The first-order chi connectivity index (χ1) is 8.70. The summed E-state index contributed by atoms with van der Waals surface area (Å²) in [5.41, 5.74) is 0.989. The second-order valence-electron chi connectivity index (χ2n) is 5.48. The molecule has 3 nitrogen and oxygen atoms in total. The number of nitrogens with zero attached hydrogens (tertiary/aromatic N) is 1. The van der Waals surface area contributed by atoms with E-state index in [0.717, 1.165) is 10.0 Å². The molecular weight excluding hydrogens is 330 g/mol. The molecule has 0 unspecified atom stereocenters. The van der Waals surface area contributed by atoms with Crippen molar-refractivity contribution < 1.29 is 9.90 Å². The van der Waals surface area contributed by atoms with Crippen molar-refractivity contribution in [2.45, 2.75) is 39.3 Å². The van der Waals surface area contributed by atoms with E-state index in [9.17, 15) is 4.79 Å². The Morgan fingerprint density at radius 1 is 1.42 bits per heavy atom. The van der Waals surface area contributed by atoms with Crippen LogP contribution in [0.5, 0.6) is 0 Å². The van der Waals surface area contributed by atoms with Crippen molar-refractivity contribution in [3.8, 4) is 0 Å². The Labute approximate surface area is 127 Å². The molecule has 1 aromatic rings. The number of carboxylic acids is 1. The standard InChI is InChI=1S/C14H19BrClNO2/c1-14(2,3)17(7-6-13(18)19)9-10-4-5-11(15)12(16)8-10/h4-5,8H,6-7,9H2,1-3H3,(H,18,19). The molecule has 0 fully saturated rings. The van der Waals surface area contributed by atoms with Crippen LogP contribution in [0.25, 0.3) is 0 Å². The number of hydrogen-bond donors (Lipinski definition) is 1. The van der Waals surface area contributed by atoms with Crippen molar-refractivity contribution in [1.82, 2.24) is 4.90 Å². The Hall–Kier alpha value is -0.580. The van der Waals surface area contributed by atoms with Crippen molar-refractivity contribution in [3.63, 3.8) is 0 Å². The Kier molecular flexibility index (Phi) is 5.83. The summed E-state index contributed by atoms with van der Waals surface area (Å²) in [5, 5.41) is 9.49. The third-order valence-corrected chi connectivity index (χ3v) is 4.13. The van der Waals surface area contributed by atoms with E-state index in [1.54, 1.807) is 0 Å². The van der Waals surface area contributed by atoms with Crippen LogP contribution in [0.3, 0.4) is 0 Å². The molecule has 19 heavy (non-hydrogen) atoms. The average Bonchev–Trinajstić information content (AvgIpc) is 2.27. The largest absolute Gasteiger partial charge is 0.481 e. The van der Waals surface area contributed by atoms with Crippen molar-refractivity contribution in [2.75, 3.05) is 6.54 Å². The summed E-state index contributed by atoms with van der Waals surface area (Å²) in [7, 11) is 0. The van der Waals surface area contributed by atoms with Crippen molar-refractivity contribution >= 4 is 33.5 Å². The van der Waals surface area contributed by atoms with Gasteiger partial charge in [-0.2, -0.15) is 0 Å². The van der Waals surface area contributed by atoms with Crippen LogP contribution in [0.1, 0.15) is 32.8 Å². The van der Waals surface area contributed by atoms with Crippen LogP contribution >= 0.6 is 27.5 Å². The lowest BCUT2D eigenvalue weighted by atomic mass is 10.0. The third kappa shape index (κ3) is 5.51. The molecule has 106 valence electrons. The smallest absolute Gasteiger partial charge is 0.304 e. The van der Waals surface area contributed by atoms with E-state index in [2.05, 4.69) is 41.6 Å². The molecule has 0 atom stereocenters. The summed E-state index contributed by atoms with van der Waals surface area (Å²) < 4.78 is 0.866. The SMILES string of the molecule is CC(C)(C)N(CCC(=O)O)Cc1ccc(Br)c(Cl)c1. The Bertz CT molecular complexity index is 457. The van der Waals surface area contributed by atoms with Crippen LogP contribution in [0, 0.1) is 0 Å². The minimum atomic E-state index is -0.775. The highest BCUT2D eigenvalue weighted by atomic mass is 79.9. The monoisotopic (exact) mass is 347 g/mol. The lowest BCUT2D eigenvalue weighted by molar-refractivity contribution is -0.137. The molecule has 1 aromatic carbocycles. The molecular formula is C14H19BrClNO2. The van der Waals surface area contributed by atoms with E-state index in [-0.39, 0.29) is 12.0 Å². The van der Waals surface area contributed by atoms with Crippen molar-refractivity contribution in [1.29, 1.82) is 0 Å². The minimum absolute atomic E-state index is 0.0883. The second-order valence-corrected chi connectivity index (χ2v) is 6.75. The fourth-order valence-corrected chi connectivity index (χ4v) is 2.19. The molecule has 0 aliphatic carbocycles. The number of carbonyl (C=O) groups is 1. The van der Waals surface area contributed by atoms with Crippen LogP contribution in [0.4, 0.5) is 0 Å². The Balaban J connectivity index is 2.81. The topological polar surface area (TPSA) is 40.5 Å². The van der Waals surface area contributed by atoms with E-state index in [1.807, 2.05) is 18.2 Å². The lowest BCUT2D eigenvalue weighted by Gasteiger charge is -2.35. The van der Waals surface area contributed by atoms with Gasteiger partial charge >= 0.3 is 5.97 Å². The van der Waals surface area contributed by atoms with E-state index in [4.69, 9.17) is 16.7 Å². The predicted molar refractivity (Wildman–Crippen MR) is 81.6 cm³/mol. The van der Waals surface area contributed by atoms with Gasteiger partial charge in [-0.1, -0.05) is 17.7 Å². The van der Waals surface area contributed by atoms with E-state index in [1.165, 1.54) is 0 Å². The molecule has 0 radical (unpaired) electrons. The number of benzene rings is 1. The summed E-state index contributed by atoms with van der Waals surface area (Å²) in [5.74, 6) is -0.775. The average molecular weight is 349 g/mol. The molecule has 0 saturated heterocycles. The minimum Gasteiger partial charge on any atom is -0.481 e. The zero-order valence-corrected chi connectivity index (χ0v) is 13.8. The number of aliphatic carboxylic acids is 1. The van der Waals surface area contributed by atoms with Gasteiger partial charge in [0.1, 0.15) is 0 Å². The van der Waals surface area contributed by atoms with Gasteiger partial charge in [-0.05, 0) is 54.4 Å². The maximum atomic E-state index is 10.7. The number of halogens is 2. The zero-order chi connectivity index (χ0) is 14.6. The Morgan fingerprint density at radius 3 is 2.53 bits per heavy atom. The quantitative estimate of drug-likeness (QED) is 0.868. The third-order valence-electron chi connectivity index (χ3n) is 2.90. The summed E-state index contributed by atoms with van der Waals surface area (Å²) >= 11 is 9.44. The molecule has 5 heteroatoms. The van der Waals surface area contributed by atoms with Gasteiger partial charge in [0, 0.05) is 23.1 Å². The van der Waals surface area contributed by atoms with Crippen LogP contribution in [0.2, 0.25) is 5.02 Å². The van der Waals surface area contributed by atoms with Gasteiger partial charge in [-0.3, -0.25) is 9.69 Å². The summed E-state index contributed by atoms with van der Waals surface area (Å²) in [6.45, 7) is 7.44. The molecule has 0 aromatic heterocycles. The normalized spacial score (nSPS) is 11.9. The highest BCUT2D eigenvalue weighted by molar-refractivity contribution is 9.10. The van der Waals surface area contributed by atoms with Crippen LogP contribution < -0.4 is 0 Å². The molecule has 0 amide bonds. The molecule has 0 saturated carbocycles. The van der Waals surface area contributed by atoms with Gasteiger partial charge in [-0.25, -0.2) is 0 Å².